The molecule has 2 N–H and O–H groups in total. The molecule has 9 heteroatoms. The quantitative estimate of drug-likeness (QED) is 0.613. The van der Waals surface area contributed by atoms with Gasteiger partial charge in [0, 0.05) is 39.2 Å². The molecule has 1 aromatic carbocycles. The summed E-state index contributed by atoms with van der Waals surface area (Å²) in [4.78, 5) is 8.83. The molecule has 5 rings (SSSR count). The lowest BCUT2D eigenvalue weighted by Crippen LogP contribution is -2.36. The number of alkyl halides is 1. The van der Waals surface area contributed by atoms with Crippen LogP contribution in [0.25, 0.3) is 10.9 Å². The van der Waals surface area contributed by atoms with E-state index in [1.165, 1.54) is 17.8 Å². The number of hydrogen-bond acceptors (Lipinski definition) is 6. The maximum absolute atomic E-state index is 14.8. The van der Waals surface area contributed by atoms with Crippen molar-refractivity contribution in [2.45, 2.75) is 23.6 Å². The van der Waals surface area contributed by atoms with Crippen LogP contribution in [-0.4, -0.2) is 32.3 Å². The van der Waals surface area contributed by atoms with Gasteiger partial charge in [0.05, 0.1) is 17.4 Å². The van der Waals surface area contributed by atoms with E-state index in [1.807, 2.05) is 6.07 Å². The van der Waals surface area contributed by atoms with Crippen LogP contribution in [0.15, 0.2) is 46.1 Å². The van der Waals surface area contributed by atoms with E-state index in [1.54, 1.807) is 24.5 Å². The zero-order valence-corrected chi connectivity index (χ0v) is 17.6. The number of hydrogen-bond donors (Lipinski definition) is 1. The van der Waals surface area contributed by atoms with Crippen LogP contribution in [0.3, 0.4) is 0 Å². The highest BCUT2D eigenvalue weighted by Gasteiger charge is 2.58. The van der Waals surface area contributed by atoms with Crippen LogP contribution in [-0.2, 0) is 12.0 Å². The van der Waals surface area contributed by atoms with E-state index in [9.17, 15) is 8.78 Å². The van der Waals surface area contributed by atoms with Gasteiger partial charge in [-0.1, -0.05) is 17.8 Å². The zero-order valence-electron chi connectivity index (χ0n) is 15.1. The van der Waals surface area contributed by atoms with E-state index >= 15 is 0 Å². The second kappa shape index (κ2) is 6.98. The summed E-state index contributed by atoms with van der Waals surface area (Å²) < 4.78 is 29.9. The predicted octanol–water partition coefficient (Wildman–Crippen LogP) is 4.13. The van der Waals surface area contributed by atoms with Crippen LogP contribution >= 0.6 is 27.7 Å². The number of benzene rings is 1. The molecule has 0 amide bonds. The fourth-order valence-electron chi connectivity index (χ4n) is 4.06. The Hall–Kier alpha value is -2.13. The molecule has 1 saturated carbocycles. The first-order chi connectivity index (χ1) is 14.0. The van der Waals surface area contributed by atoms with Gasteiger partial charge in [-0.3, -0.25) is 4.98 Å². The second-order valence-corrected chi connectivity index (χ2v) is 9.56. The summed E-state index contributed by atoms with van der Waals surface area (Å²) in [5, 5.41) is 9.66. The molecular formula is C20H16BrF2N5S. The van der Waals surface area contributed by atoms with Crippen LogP contribution in [0.4, 0.5) is 8.78 Å². The summed E-state index contributed by atoms with van der Waals surface area (Å²) in [7, 11) is 0. The molecular weight excluding hydrogens is 460 g/mol. The average Bonchev–Trinajstić information content (AvgIpc) is 3.48. The first-order valence-electron chi connectivity index (χ1n) is 9.13. The Morgan fingerprint density at radius 1 is 1.28 bits per heavy atom. The third-order valence-electron chi connectivity index (χ3n) is 5.53. The molecule has 3 heterocycles. The first-order valence-corrected chi connectivity index (χ1v) is 10.8. The smallest absolute Gasteiger partial charge is 0.155 e. The zero-order chi connectivity index (χ0) is 20.2. The molecule has 0 spiro atoms. The first kappa shape index (κ1) is 18.9. The van der Waals surface area contributed by atoms with Gasteiger partial charge in [0.1, 0.15) is 18.0 Å². The molecule has 5 nitrogen and oxygen atoms in total. The van der Waals surface area contributed by atoms with Gasteiger partial charge in [-0.05, 0) is 46.1 Å². The molecule has 2 aliphatic rings. The highest BCUT2D eigenvalue weighted by atomic mass is 79.9. The summed E-state index contributed by atoms with van der Waals surface area (Å²) >= 11 is 4.85. The molecule has 0 saturated heterocycles. The summed E-state index contributed by atoms with van der Waals surface area (Å²) in [6.07, 6.45) is 4.54. The SMILES string of the molecule is NC1=N[C@](CF)(c2cc(Cc3nncc4cc(Br)cnc34)ccc2F)[C@H]2C[C@@H]2S1. The maximum atomic E-state index is 14.8. The number of nitrogens with zero attached hydrogens (tertiary/aromatic N) is 4. The second-order valence-electron chi connectivity index (χ2n) is 7.38. The van der Waals surface area contributed by atoms with Crippen molar-refractivity contribution in [3.8, 4) is 0 Å². The van der Waals surface area contributed by atoms with Crippen LogP contribution in [0.1, 0.15) is 23.2 Å². The molecule has 29 heavy (non-hydrogen) atoms. The van der Waals surface area contributed by atoms with Gasteiger partial charge in [-0.2, -0.15) is 10.2 Å². The highest BCUT2D eigenvalue weighted by molar-refractivity contribution is 9.10. The number of aliphatic imine (C=N–C) groups is 1. The fraction of sp³-hybridized carbons (Fsp3) is 0.300. The van der Waals surface area contributed by atoms with E-state index in [0.717, 1.165) is 27.4 Å². The summed E-state index contributed by atoms with van der Waals surface area (Å²) in [6.45, 7) is -0.778. The summed E-state index contributed by atoms with van der Waals surface area (Å²) in [5.41, 5.74) is 7.14. The van der Waals surface area contributed by atoms with Crippen molar-refractivity contribution in [1.29, 1.82) is 0 Å². The number of amidine groups is 1. The minimum atomic E-state index is -1.24. The van der Waals surface area contributed by atoms with Gasteiger partial charge in [-0.25, -0.2) is 13.8 Å². The van der Waals surface area contributed by atoms with Crippen LogP contribution < -0.4 is 5.73 Å². The molecule has 0 unspecified atom stereocenters. The number of aromatic nitrogens is 3. The largest absolute Gasteiger partial charge is 0.379 e. The minimum Gasteiger partial charge on any atom is -0.379 e. The highest BCUT2D eigenvalue weighted by Crippen LogP contribution is 2.58. The van der Waals surface area contributed by atoms with Crippen molar-refractivity contribution in [1.82, 2.24) is 15.2 Å². The van der Waals surface area contributed by atoms with E-state index in [4.69, 9.17) is 5.73 Å². The average molecular weight is 476 g/mol. The lowest BCUT2D eigenvalue weighted by molar-refractivity contribution is 0.271. The number of rotatable bonds is 4. The van der Waals surface area contributed by atoms with Crippen molar-refractivity contribution in [3.63, 3.8) is 0 Å². The Labute approximate surface area is 178 Å². The molecule has 2 aromatic heterocycles. The predicted molar refractivity (Wildman–Crippen MR) is 113 cm³/mol. The number of pyridine rings is 1. The molecule has 0 bridgehead atoms. The Kier molecular flexibility index (Phi) is 4.54. The number of thioether (sulfide) groups is 1. The molecule has 1 aliphatic carbocycles. The van der Waals surface area contributed by atoms with Gasteiger partial charge in [0.25, 0.3) is 0 Å². The van der Waals surface area contributed by atoms with E-state index < -0.39 is 18.0 Å². The van der Waals surface area contributed by atoms with Gasteiger partial charge in [-0.15, -0.1) is 0 Å². The van der Waals surface area contributed by atoms with Gasteiger partial charge < -0.3 is 5.73 Å². The topological polar surface area (TPSA) is 77.0 Å². The molecule has 1 aliphatic heterocycles. The molecule has 3 atom stereocenters. The number of halogens is 3. The van der Waals surface area contributed by atoms with Crippen molar-refractivity contribution in [2.75, 3.05) is 6.67 Å². The van der Waals surface area contributed by atoms with Crippen LogP contribution in [0.5, 0.6) is 0 Å². The van der Waals surface area contributed by atoms with Crippen LogP contribution in [0.2, 0.25) is 0 Å². The normalized spacial score (nSPS) is 25.6. The van der Waals surface area contributed by atoms with E-state index in [0.29, 0.717) is 17.3 Å². The van der Waals surface area contributed by atoms with E-state index in [2.05, 4.69) is 36.1 Å². The molecule has 148 valence electrons. The monoisotopic (exact) mass is 475 g/mol. The van der Waals surface area contributed by atoms with Gasteiger partial charge in [0.2, 0.25) is 0 Å². The van der Waals surface area contributed by atoms with Gasteiger partial charge in [0.15, 0.2) is 5.17 Å². The Bertz CT molecular complexity index is 1160. The third kappa shape index (κ3) is 3.20. The Morgan fingerprint density at radius 2 is 2.14 bits per heavy atom. The summed E-state index contributed by atoms with van der Waals surface area (Å²) in [6, 6.07) is 6.66. The third-order valence-corrected chi connectivity index (χ3v) is 7.12. The fourth-order valence-corrected chi connectivity index (χ4v) is 5.62. The Balaban J connectivity index is 1.57. The van der Waals surface area contributed by atoms with Crippen molar-refractivity contribution in [3.05, 3.63) is 63.8 Å². The lowest BCUT2D eigenvalue weighted by atomic mass is 9.85. The Morgan fingerprint density at radius 3 is 2.97 bits per heavy atom. The van der Waals surface area contributed by atoms with Gasteiger partial charge >= 0.3 is 0 Å². The van der Waals surface area contributed by atoms with Crippen LogP contribution in [0, 0.1) is 11.7 Å². The molecule has 0 radical (unpaired) electrons. The van der Waals surface area contributed by atoms with Crippen molar-refractivity contribution in [2.24, 2.45) is 16.6 Å². The molecule has 1 fully saturated rings. The van der Waals surface area contributed by atoms with Crippen molar-refractivity contribution < 1.29 is 8.78 Å². The van der Waals surface area contributed by atoms with E-state index in [-0.39, 0.29) is 16.7 Å². The molecule has 3 aromatic rings. The number of fused-ring (bicyclic) bond motifs is 2. The number of nitrogens with two attached hydrogens (primary N) is 1. The van der Waals surface area contributed by atoms with Crippen molar-refractivity contribution >= 4 is 43.8 Å². The summed E-state index contributed by atoms with van der Waals surface area (Å²) in [5.74, 6) is -0.502. The minimum absolute atomic E-state index is 0.0362. The lowest BCUT2D eigenvalue weighted by Gasteiger charge is -2.31. The standard InChI is InChI=1S/C20H16BrF2N5S/c21-12-5-11-7-26-28-16(18(11)25-8-12)4-10-1-2-15(23)13(3-10)20(9-22)14-6-17(14)29-19(24)27-20/h1-3,5,7-8,14,17H,4,6,9H2,(H2,24,27)/t14-,17-,20+/m0/s1. The maximum Gasteiger partial charge on any atom is 0.155 e.